The molecule has 0 N–H and O–H groups in total. The van der Waals surface area contributed by atoms with Gasteiger partial charge in [0.05, 0.1) is 5.69 Å². The first-order chi connectivity index (χ1) is 38.3. The summed E-state index contributed by atoms with van der Waals surface area (Å²) in [5, 5.41) is 0. The summed E-state index contributed by atoms with van der Waals surface area (Å²) < 4.78 is 0. The van der Waals surface area contributed by atoms with Gasteiger partial charge in [0.25, 0.3) is 0 Å². The Bertz CT molecular complexity index is 4210. The molecule has 78 heavy (non-hydrogen) atoms. The van der Waals surface area contributed by atoms with Gasteiger partial charge in [0.15, 0.2) is 0 Å². The van der Waals surface area contributed by atoms with Crippen molar-refractivity contribution in [2.24, 2.45) is 0 Å². The van der Waals surface area contributed by atoms with Crippen molar-refractivity contribution >= 4 is 17.1 Å². The van der Waals surface area contributed by atoms with E-state index in [4.69, 9.17) is 0 Å². The van der Waals surface area contributed by atoms with E-state index in [0.717, 1.165) is 28.2 Å². The van der Waals surface area contributed by atoms with Gasteiger partial charge in [-0.05, 0) is 161 Å². The molecule has 0 amide bonds. The molecule has 0 fully saturated rings. The van der Waals surface area contributed by atoms with Gasteiger partial charge >= 0.3 is 0 Å². The number of hydrogen-bond donors (Lipinski definition) is 0. The maximum atomic E-state index is 2.44. The molecule has 0 radical (unpaired) electrons. The molecule has 12 aromatic rings. The number of benzene rings is 12. The minimum absolute atomic E-state index is 0.137. The molecule has 0 aliphatic heterocycles. The molecular formula is C77H57N. The Morgan fingerprint density at radius 2 is 0.667 bits per heavy atom. The van der Waals surface area contributed by atoms with E-state index in [9.17, 15) is 0 Å². The molecule has 1 heteroatoms. The first-order valence-electron chi connectivity index (χ1n) is 27.3. The molecule has 1 nitrogen and oxygen atoms in total. The Kier molecular flexibility index (Phi) is 11.4. The first kappa shape index (κ1) is 46.9. The fourth-order valence-corrected chi connectivity index (χ4v) is 13.2. The predicted molar refractivity (Wildman–Crippen MR) is 329 cm³/mol. The van der Waals surface area contributed by atoms with Gasteiger partial charge in [-0.15, -0.1) is 0 Å². The lowest BCUT2D eigenvalue weighted by atomic mass is 9.74. The molecule has 0 saturated heterocycles. The minimum atomic E-state index is -0.278. The molecule has 0 heterocycles. The van der Waals surface area contributed by atoms with Crippen LogP contribution in [0.5, 0.6) is 0 Å². The number of hydrogen-bond acceptors (Lipinski definition) is 1. The third kappa shape index (κ3) is 7.68. The largest absolute Gasteiger partial charge is 0.310 e. The number of nitrogens with zero attached hydrogens (tertiary/aromatic N) is 1. The predicted octanol–water partition coefficient (Wildman–Crippen LogP) is 20.8. The molecule has 0 bridgehead atoms. The van der Waals surface area contributed by atoms with Crippen LogP contribution in [0.2, 0.25) is 0 Å². The molecule has 0 saturated carbocycles. The van der Waals surface area contributed by atoms with Crippen molar-refractivity contribution < 1.29 is 0 Å². The lowest BCUT2D eigenvalue weighted by molar-refractivity contribution is 0.662. The summed E-state index contributed by atoms with van der Waals surface area (Å²) >= 11 is 0. The molecule has 12 aromatic carbocycles. The second-order valence-electron chi connectivity index (χ2n) is 21.7. The first-order valence-corrected chi connectivity index (χ1v) is 27.3. The maximum absolute atomic E-state index is 2.44. The zero-order chi connectivity index (χ0) is 52.4. The summed E-state index contributed by atoms with van der Waals surface area (Å²) in [4.78, 5) is 2.44. The van der Waals surface area contributed by atoms with Crippen LogP contribution in [0.1, 0.15) is 48.6 Å². The summed E-state index contributed by atoms with van der Waals surface area (Å²) in [7, 11) is 0. The van der Waals surface area contributed by atoms with Gasteiger partial charge in [0.1, 0.15) is 0 Å². The van der Waals surface area contributed by atoms with Gasteiger partial charge in [-0.1, -0.05) is 263 Å². The fourth-order valence-electron chi connectivity index (χ4n) is 13.2. The summed E-state index contributed by atoms with van der Waals surface area (Å²) in [5.41, 5.74) is 29.3. The quantitative estimate of drug-likeness (QED) is 0.132. The fraction of sp³-hybridized carbons (Fsp3) is 0.0649. The van der Waals surface area contributed by atoms with Crippen molar-refractivity contribution in [1.82, 2.24) is 0 Å². The lowest BCUT2D eigenvalue weighted by Crippen LogP contribution is -2.22. The Morgan fingerprint density at radius 3 is 1.33 bits per heavy atom. The highest BCUT2D eigenvalue weighted by Gasteiger charge is 2.41. The lowest BCUT2D eigenvalue weighted by Gasteiger charge is -2.29. The van der Waals surface area contributed by atoms with Crippen LogP contribution < -0.4 is 4.90 Å². The summed E-state index contributed by atoms with van der Waals surface area (Å²) in [6, 6.07) is 108. The van der Waals surface area contributed by atoms with E-state index in [-0.39, 0.29) is 10.8 Å². The molecule has 0 aromatic heterocycles. The number of anilines is 3. The van der Waals surface area contributed by atoms with Crippen LogP contribution in [0, 0.1) is 0 Å². The minimum Gasteiger partial charge on any atom is -0.310 e. The Labute approximate surface area is 459 Å². The Hall–Kier alpha value is -9.56. The highest BCUT2D eigenvalue weighted by Crippen LogP contribution is 2.55. The second-order valence-corrected chi connectivity index (χ2v) is 21.7. The van der Waals surface area contributed by atoms with Crippen molar-refractivity contribution in [2.75, 3.05) is 4.90 Å². The van der Waals surface area contributed by atoms with Gasteiger partial charge in [0.2, 0.25) is 0 Å². The Balaban J connectivity index is 0.893. The number of para-hydroxylation sites is 1. The van der Waals surface area contributed by atoms with Crippen LogP contribution in [0.4, 0.5) is 17.1 Å². The van der Waals surface area contributed by atoms with Crippen molar-refractivity contribution in [2.45, 2.75) is 31.6 Å². The summed E-state index contributed by atoms with van der Waals surface area (Å²) in [6.45, 7) is 7.15. The standard InChI is InChI=1S/C77H57N/c1-76(2)71-35-18-15-32-66(71)69-34-21-33-68(75(69)76)64-30-14-13-28-61(64)55-40-46-60(47-41-55)78(74-37-20-17-29-63(74)57-43-48-62(53-22-7-4-8-23-53)70(50-57)54-24-9-5-10-25-54)59-44-38-52(39-45-59)56-42-49-67-65-31-16-19-36-72(65)77(3,73(67)51-56)58-26-11-6-12-27-58/h4-51H,1-3H3. The smallest absolute Gasteiger partial charge is 0.0540 e. The van der Waals surface area contributed by atoms with Crippen LogP contribution in [0.15, 0.2) is 291 Å². The summed E-state index contributed by atoms with van der Waals surface area (Å²) in [5.74, 6) is 0. The van der Waals surface area contributed by atoms with Crippen LogP contribution in [0.3, 0.4) is 0 Å². The second kappa shape index (κ2) is 18.9. The van der Waals surface area contributed by atoms with E-state index >= 15 is 0 Å². The molecule has 370 valence electrons. The molecule has 1 unspecified atom stereocenters. The van der Waals surface area contributed by atoms with Crippen molar-refractivity contribution in [3.05, 3.63) is 319 Å². The normalized spacial score (nSPS) is 14.5. The highest BCUT2D eigenvalue weighted by atomic mass is 15.1. The van der Waals surface area contributed by atoms with Gasteiger partial charge < -0.3 is 4.90 Å². The van der Waals surface area contributed by atoms with E-state index in [1.165, 1.54) is 106 Å². The van der Waals surface area contributed by atoms with Gasteiger partial charge in [-0.25, -0.2) is 0 Å². The number of fused-ring (bicyclic) bond motifs is 6. The third-order valence-corrected chi connectivity index (χ3v) is 17.0. The SMILES string of the molecule is CC1(C)c2ccccc2-c2cccc(-c3ccccc3-c3ccc(N(c4ccc(-c5ccc6c(c5)C(C)(c5ccccc5)c5ccccc5-6)cc4)c4ccccc4-c4ccc(-c5ccccc5)c(-c5ccccc5)c4)cc3)c21. The van der Waals surface area contributed by atoms with E-state index in [1.807, 2.05) is 0 Å². The van der Waals surface area contributed by atoms with Gasteiger partial charge in [-0.2, -0.15) is 0 Å². The average molecular weight is 996 g/mol. The molecule has 2 aliphatic carbocycles. The van der Waals surface area contributed by atoms with Crippen molar-refractivity contribution in [3.63, 3.8) is 0 Å². The van der Waals surface area contributed by atoms with E-state index in [1.54, 1.807) is 0 Å². The number of rotatable bonds is 10. The van der Waals surface area contributed by atoms with Crippen molar-refractivity contribution in [3.8, 4) is 89.0 Å². The maximum Gasteiger partial charge on any atom is 0.0540 e. The van der Waals surface area contributed by atoms with Crippen LogP contribution in [-0.2, 0) is 10.8 Å². The molecular weight excluding hydrogens is 939 g/mol. The third-order valence-electron chi connectivity index (χ3n) is 17.0. The van der Waals surface area contributed by atoms with Crippen LogP contribution >= 0.6 is 0 Å². The monoisotopic (exact) mass is 995 g/mol. The molecule has 2 aliphatic rings. The van der Waals surface area contributed by atoms with E-state index in [2.05, 4.69) is 317 Å². The van der Waals surface area contributed by atoms with Crippen LogP contribution in [0.25, 0.3) is 89.0 Å². The van der Waals surface area contributed by atoms with E-state index in [0.29, 0.717) is 0 Å². The van der Waals surface area contributed by atoms with E-state index < -0.39 is 0 Å². The highest BCUT2D eigenvalue weighted by molar-refractivity contribution is 5.96. The zero-order valence-electron chi connectivity index (χ0n) is 44.2. The van der Waals surface area contributed by atoms with Gasteiger partial charge in [-0.3, -0.25) is 0 Å². The average Bonchev–Trinajstić information content (AvgIpc) is 4.13. The summed E-state index contributed by atoms with van der Waals surface area (Å²) in [6.07, 6.45) is 0. The molecule has 1 atom stereocenters. The zero-order valence-corrected chi connectivity index (χ0v) is 44.2. The topological polar surface area (TPSA) is 3.24 Å². The van der Waals surface area contributed by atoms with Crippen LogP contribution in [-0.4, -0.2) is 0 Å². The molecule has 0 spiro atoms. The Morgan fingerprint density at radius 1 is 0.244 bits per heavy atom. The molecule has 14 rings (SSSR count). The van der Waals surface area contributed by atoms with Crippen molar-refractivity contribution in [1.29, 1.82) is 0 Å². The van der Waals surface area contributed by atoms with Gasteiger partial charge in [0, 0.05) is 27.8 Å².